The maximum Gasteiger partial charge on any atom is 0.300 e. The van der Waals surface area contributed by atoms with E-state index in [1.54, 1.807) is 12.3 Å². The molecule has 2 aromatic rings. The van der Waals surface area contributed by atoms with E-state index < -0.39 is 10.8 Å². The first kappa shape index (κ1) is 21.8. The second-order valence-corrected chi connectivity index (χ2v) is 8.71. The lowest BCUT2D eigenvalue weighted by Crippen LogP contribution is -2.28. The highest BCUT2D eigenvalue weighted by molar-refractivity contribution is 6.08. The van der Waals surface area contributed by atoms with E-state index in [9.17, 15) is 14.9 Å². The molecule has 2 aliphatic rings. The van der Waals surface area contributed by atoms with Gasteiger partial charge in [0.1, 0.15) is 5.69 Å². The number of anilines is 2. The quantitative estimate of drug-likeness (QED) is 0.395. The number of primary amides is 1. The Kier molecular flexibility index (Phi) is 5.88. The minimum Gasteiger partial charge on any atom is -0.477 e. The van der Waals surface area contributed by atoms with Crippen LogP contribution in [0.3, 0.4) is 0 Å². The van der Waals surface area contributed by atoms with Gasteiger partial charge in [-0.25, -0.2) is 4.98 Å². The van der Waals surface area contributed by atoms with Crippen LogP contribution in [0.2, 0.25) is 0 Å². The van der Waals surface area contributed by atoms with Crippen LogP contribution in [0.15, 0.2) is 18.3 Å². The molecule has 1 amide bonds. The molecule has 1 saturated heterocycles. The number of hydrogen-bond acceptors (Lipinski definition) is 8. The number of fused-ring (bicyclic) bond motifs is 1. The van der Waals surface area contributed by atoms with Crippen molar-refractivity contribution in [3.63, 3.8) is 0 Å². The zero-order chi connectivity index (χ0) is 23.0. The molecular weight excluding hydrogens is 412 g/mol. The van der Waals surface area contributed by atoms with Crippen LogP contribution in [0, 0.1) is 16.0 Å². The van der Waals surface area contributed by atoms with E-state index in [1.165, 1.54) is 0 Å². The van der Waals surface area contributed by atoms with Crippen molar-refractivity contribution in [2.75, 3.05) is 51.0 Å². The van der Waals surface area contributed by atoms with E-state index >= 15 is 0 Å². The van der Waals surface area contributed by atoms with Crippen molar-refractivity contribution in [3.8, 4) is 17.0 Å². The number of carbonyl (C=O) groups is 1. The van der Waals surface area contributed by atoms with E-state index in [2.05, 4.69) is 9.88 Å². The van der Waals surface area contributed by atoms with E-state index in [0.717, 1.165) is 31.4 Å². The van der Waals surface area contributed by atoms with Crippen LogP contribution in [0.5, 0.6) is 5.88 Å². The summed E-state index contributed by atoms with van der Waals surface area (Å²) in [6.45, 7) is 2.94. The molecule has 3 heterocycles. The number of carbonyl (C=O) groups excluding carboxylic acids is 1. The van der Waals surface area contributed by atoms with Gasteiger partial charge in [-0.05, 0) is 51.4 Å². The van der Waals surface area contributed by atoms with Crippen molar-refractivity contribution in [2.45, 2.75) is 19.3 Å². The largest absolute Gasteiger partial charge is 0.477 e. The molecule has 170 valence electrons. The molecule has 1 fully saturated rings. The first-order chi connectivity index (χ1) is 15.3. The number of aryl methyl sites for hydroxylation is 1. The molecule has 32 heavy (non-hydrogen) atoms. The average Bonchev–Trinajstić information content (AvgIpc) is 3.19. The number of ether oxygens (including phenoxy) is 1. The molecule has 0 bridgehead atoms. The summed E-state index contributed by atoms with van der Waals surface area (Å²) in [5.74, 6) is 0.184. The molecule has 0 radical (unpaired) electrons. The number of nitro groups is 1. The smallest absolute Gasteiger partial charge is 0.300 e. The summed E-state index contributed by atoms with van der Waals surface area (Å²) in [6.07, 6.45) is 4.14. The van der Waals surface area contributed by atoms with Crippen molar-refractivity contribution in [1.82, 2.24) is 9.88 Å². The van der Waals surface area contributed by atoms with Gasteiger partial charge in [-0.2, -0.15) is 0 Å². The summed E-state index contributed by atoms with van der Waals surface area (Å²) in [5, 5.41) is 12.0. The molecule has 1 unspecified atom stereocenters. The first-order valence-electron chi connectivity index (χ1n) is 10.7. The lowest BCUT2D eigenvalue weighted by atomic mass is 9.96. The van der Waals surface area contributed by atoms with Gasteiger partial charge in [-0.3, -0.25) is 14.9 Å². The Bertz CT molecular complexity index is 1070. The third kappa shape index (κ3) is 4.05. The maximum absolute atomic E-state index is 12.3. The van der Waals surface area contributed by atoms with Crippen LogP contribution in [0.25, 0.3) is 11.1 Å². The fraction of sp³-hybridized carbons (Fsp3) is 0.455. The van der Waals surface area contributed by atoms with Gasteiger partial charge < -0.3 is 26.0 Å². The molecule has 4 rings (SSSR count). The molecule has 2 aliphatic heterocycles. The number of amides is 1. The normalized spacial score (nSPS) is 17.8. The third-order valence-electron chi connectivity index (χ3n) is 6.06. The van der Waals surface area contributed by atoms with Gasteiger partial charge in [0.25, 0.3) is 5.91 Å². The van der Waals surface area contributed by atoms with Crippen LogP contribution in [-0.2, 0) is 6.42 Å². The minimum absolute atomic E-state index is 0.000190. The highest BCUT2D eigenvalue weighted by atomic mass is 16.6. The minimum atomic E-state index is -0.778. The Morgan fingerprint density at radius 3 is 2.88 bits per heavy atom. The first-order valence-corrected chi connectivity index (χ1v) is 10.7. The number of rotatable bonds is 6. The van der Waals surface area contributed by atoms with Crippen molar-refractivity contribution in [3.05, 3.63) is 39.6 Å². The van der Waals surface area contributed by atoms with Crippen LogP contribution < -0.4 is 21.1 Å². The summed E-state index contributed by atoms with van der Waals surface area (Å²) in [5.41, 5.74) is 13.6. The Hall–Kier alpha value is -3.40. The van der Waals surface area contributed by atoms with Crippen LogP contribution in [0.1, 0.15) is 28.8 Å². The monoisotopic (exact) mass is 440 g/mol. The van der Waals surface area contributed by atoms with Crippen LogP contribution in [0.4, 0.5) is 17.1 Å². The van der Waals surface area contributed by atoms with E-state index in [1.807, 2.05) is 25.1 Å². The molecule has 1 aromatic carbocycles. The highest BCUT2D eigenvalue weighted by Crippen LogP contribution is 2.44. The zero-order valence-corrected chi connectivity index (χ0v) is 18.3. The number of nitrogens with two attached hydrogens (primary N) is 2. The lowest BCUT2D eigenvalue weighted by molar-refractivity contribution is -0.383. The average molecular weight is 441 g/mol. The van der Waals surface area contributed by atoms with E-state index in [-0.39, 0.29) is 16.9 Å². The summed E-state index contributed by atoms with van der Waals surface area (Å²) < 4.78 is 5.57. The fourth-order valence-electron chi connectivity index (χ4n) is 4.71. The molecule has 10 nitrogen and oxygen atoms in total. The molecule has 0 spiro atoms. The number of nitro benzene ring substituents is 1. The maximum atomic E-state index is 12.3. The Morgan fingerprint density at radius 1 is 1.41 bits per heavy atom. The van der Waals surface area contributed by atoms with Crippen molar-refractivity contribution in [2.24, 2.45) is 11.7 Å². The summed E-state index contributed by atoms with van der Waals surface area (Å²) in [7, 11) is 4.04. The molecular formula is C22H28N6O4. The van der Waals surface area contributed by atoms with Crippen LogP contribution in [-0.4, -0.2) is 61.1 Å². The predicted octanol–water partition coefficient (Wildman–Crippen LogP) is 2.05. The number of benzene rings is 1. The SMILES string of the molecule is CN(C)CC1CCN(c2cc(-c3cnc4c(c3)CCCO4)c([N+](=O)[O-])c(N)c2C(N)=O)C1. The van der Waals surface area contributed by atoms with Crippen molar-refractivity contribution < 1.29 is 14.5 Å². The second kappa shape index (κ2) is 8.62. The predicted molar refractivity (Wildman–Crippen MR) is 122 cm³/mol. The Balaban J connectivity index is 1.85. The number of aromatic nitrogens is 1. The van der Waals surface area contributed by atoms with Gasteiger partial charge in [0.2, 0.25) is 5.88 Å². The summed E-state index contributed by atoms with van der Waals surface area (Å²) >= 11 is 0. The fourth-order valence-corrected chi connectivity index (χ4v) is 4.71. The second-order valence-electron chi connectivity index (χ2n) is 8.71. The Morgan fingerprint density at radius 2 is 2.19 bits per heavy atom. The molecule has 1 atom stereocenters. The van der Waals surface area contributed by atoms with Crippen LogP contribution >= 0.6 is 0 Å². The van der Waals surface area contributed by atoms with Gasteiger partial charge >= 0.3 is 5.69 Å². The number of pyridine rings is 1. The molecule has 4 N–H and O–H groups in total. The van der Waals surface area contributed by atoms with E-state index in [4.69, 9.17) is 16.2 Å². The molecule has 10 heteroatoms. The zero-order valence-electron chi connectivity index (χ0n) is 18.3. The molecule has 0 saturated carbocycles. The molecule has 0 aliphatic carbocycles. The van der Waals surface area contributed by atoms with Crippen molar-refractivity contribution in [1.29, 1.82) is 0 Å². The highest BCUT2D eigenvalue weighted by Gasteiger charge is 2.33. The van der Waals surface area contributed by atoms with Gasteiger partial charge in [0, 0.05) is 37.0 Å². The van der Waals surface area contributed by atoms with Gasteiger partial charge in [-0.1, -0.05) is 0 Å². The van der Waals surface area contributed by atoms with Crippen molar-refractivity contribution >= 4 is 23.0 Å². The Labute approximate surface area is 186 Å². The van der Waals surface area contributed by atoms with Gasteiger partial charge in [0.15, 0.2) is 0 Å². The number of hydrogen-bond donors (Lipinski definition) is 2. The molecule has 1 aromatic heterocycles. The summed E-state index contributed by atoms with van der Waals surface area (Å²) in [6, 6.07) is 3.52. The number of nitrogens with zero attached hydrogens (tertiary/aromatic N) is 4. The van der Waals surface area contributed by atoms with Gasteiger partial charge in [-0.15, -0.1) is 0 Å². The summed E-state index contributed by atoms with van der Waals surface area (Å²) in [4.78, 5) is 32.3. The standard InChI is InChI=1S/C22H28N6O4/c1-26(2)11-13-5-6-27(12-13)17-9-16(20(28(30)31)19(23)18(17)21(24)29)15-8-14-4-3-7-32-22(14)25-10-15/h8-10,13H,3-7,11-12,23H2,1-2H3,(H2,24,29). The third-order valence-corrected chi connectivity index (χ3v) is 6.06. The lowest BCUT2D eigenvalue weighted by Gasteiger charge is -2.24. The van der Waals surface area contributed by atoms with E-state index in [0.29, 0.717) is 48.3 Å². The topological polar surface area (TPSA) is 141 Å². The van der Waals surface area contributed by atoms with Gasteiger partial charge in [0.05, 0.1) is 28.3 Å². The number of nitrogen functional groups attached to an aromatic ring is 1.